The van der Waals surface area contributed by atoms with E-state index in [9.17, 15) is 36.3 Å². The Hall–Kier alpha value is -4.15. The van der Waals surface area contributed by atoms with Gasteiger partial charge in [-0.1, -0.05) is 30.3 Å². The zero-order valence-corrected chi connectivity index (χ0v) is 27.2. The van der Waals surface area contributed by atoms with E-state index in [1.807, 2.05) is 37.3 Å². The largest absolute Gasteiger partial charge is 0.468 e. The number of benzene rings is 3. The first kappa shape index (κ1) is 36.3. The number of fused-ring (bicyclic) bond motifs is 1. The predicted molar refractivity (Wildman–Crippen MR) is 170 cm³/mol. The Kier molecular flexibility index (Phi) is 12.2. The zero-order valence-electron chi connectivity index (χ0n) is 26.0. The number of carbonyl (C=O) groups is 2. The van der Waals surface area contributed by atoms with Gasteiger partial charge in [0.25, 0.3) is 11.5 Å². The molecule has 1 heterocycles. The Morgan fingerprint density at radius 1 is 1.02 bits per heavy atom. The third-order valence-corrected chi connectivity index (χ3v) is 8.11. The van der Waals surface area contributed by atoms with E-state index in [2.05, 4.69) is 14.0 Å². The minimum atomic E-state index is -4.63. The van der Waals surface area contributed by atoms with Crippen LogP contribution in [-0.4, -0.2) is 55.6 Å². The molecule has 0 saturated heterocycles. The summed E-state index contributed by atoms with van der Waals surface area (Å²) in [6.45, 7) is 2.18. The molecule has 4 aromatic rings. The Balaban J connectivity index is 0.000000304. The van der Waals surface area contributed by atoms with Gasteiger partial charge in [0.2, 0.25) is 0 Å². The van der Waals surface area contributed by atoms with Crippen LogP contribution in [0.5, 0.6) is 0 Å². The Morgan fingerprint density at radius 2 is 1.65 bits per heavy atom. The molecule has 13 heteroatoms. The van der Waals surface area contributed by atoms with E-state index < -0.39 is 52.9 Å². The predicted octanol–water partition coefficient (Wildman–Crippen LogP) is 4.93. The molecule has 0 radical (unpaired) electrons. The molecule has 0 aliphatic rings. The van der Waals surface area contributed by atoms with Crippen molar-refractivity contribution in [2.24, 2.45) is 7.05 Å². The van der Waals surface area contributed by atoms with E-state index in [0.29, 0.717) is 17.5 Å². The molecule has 0 aliphatic heterocycles. The topological polar surface area (TPSA) is 80.6 Å². The van der Waals surface area contributed by atoms with Gasteiger partial charge < -0.3 is 19.5 Å². The van der Waals surface area contributed by atoms with E-state index in [1.165, 1.54) is 11.6 Å². The van der Waals surface area contributed by atoms with E-state index in [4.69, 9.17) is 0 Å². The van der Waals surface area contributed by atoms with Crippen LogP contribution >= 0.6 is 9.24 Å². The van der Waals surface area contributed by atoms with Crippen LogP contribution in [0.4, 0.5) is 22.0 Å². The molecule has 1 unspecified atom stereocenters. The van der Waals surface area contributed by atoms with Gasteiger partial charge in [-0.25, -0.2) is 8.78 Å². The lowest BCUT2D eigenvalue weighted by atomic mass is 9.95. The second kappa shape index (κ2) is 15.4. The number of hydrogen-bond acceptors (Lipinski definition) is 5. The third kappa shape index (κ3) is 8.76. The van der Waals surface area contributed by atoms with Crippen molar-refractivity contribution in [3.8, 4) is 0 Å². The summed E-state index contributed by atoms with van der Waals surface area (Å²) in [7, 11) is 9.10. The number of rotatable bonds is 8. The Labute approximate surface area is 265 Å². The van der Waals surface area contributed by atoms with Crippen molar-refractivity contribution in [1.29, 1.82) is 0 Å². The molecule has 246 valence electrons. The molecule has 0 spiro atoms. The maximum atomic E-state index is 14.3. The van der Waals surface area contributed by atoms with E-state index >= 15 is 0 Å². The normalized spacial score (nSPS) is 11.3. The van der Waals surface area contributed by atoms with E-state index in [0.717, 1.165) is 48.3 Å². The summed E-state index contributed by atoms with van der Waals surface area (Å²) in [4.78, 5) is 37.0. The Bertz CT molecular complexity index is 1790. The van der Waals surface area contributed by atoms with Crippen molar-refractivity contribution in [3.05, 3.63) is 110 Å². The molecule has 46 heavy (non-hydrogen) atoms. The van der Waals surface area contributed by atoms with Gasteiger partial charge in [-0.3, -0.25) is 14.4 Å². The van der Waals surface area contributed by atoms with Crippen molar-refractivity contribution in [2.75, 3.05) is 34.3 Å². The van der Waals surface area contributed by atoms with Gasteiger partial charge in [-0.05, 0) is 73.7 Å². The zero-order chi connectivity index (χ0) is 34.3. The first-order chi connectivity index (χ1) is 21.6. The van der Waals surface area contributed by atoms with E-state index in [-0.39, 0.29) is 17.4 Å². The summed E-state index contributed by atoms with van der Waals surface area (Å²) in [5.41, 5.74) is 0.400. The lowest BCUT2D eigenvalue weighted by molar-refractivity contribution is -0.139. The number of carbonyl (C=O) groups excluding carboxylic acids is 2. The van der Waals surface area contributed by atoms with Crippen LogP contribution in [0.15, 0.2) is 59.4 Å². The molecule has 4 rings (SSSR count). The highest BCUT2D eigenvalue weighted by Crippen LogP contribution is 2.37. The maximum Gasteiger partial charge on any atom is 0.417 e. The molecule has 1 atom stereocenters. The van der Waals surface area contributed by atoms with Gasteiger partial charge in [0.1, 0.15) is 23.7 Å². The second-order valence-corrected chi connectivity index (χ2v) is 11.4. The number of methoxy groups -OCH3 is 1. The molecule has 1 amide bonds. The molecular weight excluding hydrogens is 628 g/mol. The number of nitrogens with zero attached hydrogens (tertiary/aromatic N) is 2. The number of amides is 1. The van der Waals surface area contributed by atoms with Crippen LogP contribution in [0.1, 0.15) is 38.2 Å². The molecule has 3 aromatic carbocycles. The van der Waals surface area contributed by atoms with Crippen LogP contribution in [0.2, 0.25) is 0 Å². The fraction of sp³-hybridized carbons (Fsp3) is 0.303. The summed E-state index contributed by atoms with van der Waals surface area (Å²) in [6.07, 6.45) is -4.07. The minimum absolute atomic E-state index is 0.0695. The van der Waals surface area contributed by atoms with Gasteiger partial charge in [-0.15, -0.1) is 9.24 Å². The van der Waals surface area contributed by atoms with Crippen LogP contribution in [0, 0.1) is 18.6 Å². The van der Waals surface area contributed by atoms with Gasteiger partial charge in [0.15, 0.2) is 0 Å². The lowest BCUT2D eigenvalue weighted by Gasteiger charge is -2.20. The maximum absolute atomic E-state index is 14.3. The molecule has 0 bridgehead atoms. The third-order valence-electron chi connectivity index (χ3n) is 7.28. The summed E-state index contributed by atoms with van der Waals surface area (Å²) in [5.74, 6) is -3.67. The first-order valence-corrected chi connectivity index (χ1v) is 14.6. The summed E-state index contributed by atoms with van der Waals surface area (Å²) in [5, 5.41) is 2.94. The number of nitrogens with one attached hydrogen (secondary N) is 1. The van der Waals surface area contributed by atoms with Crippen molar-refractivity contribution < 1.29 is 36.3 Å². The van der Waals surface area contributed by atoms with Crippen LogP contribution in [-0.2, 0) is 35.6 Å². The number of aromatic nitrogens is 1. The standard InChI is InChI=1S/C23H26F3N2OP.C10H9F2NO3/c1-14-6-5-7-16(21(14)30)13-18-20(23(24,25)26)17-12-15(10-11-27(2)3)8-9-19(17)28(4)22(18)29;1-16-8(14)5-13-10(15)9-6(11)3-2-4-7(9)12/h5-9,12H,10-11,13,30H2,1-4H3;2-4H,5H2,1H3,(H,13,15). The summed E-state index contributed by atoms with van der Waals surface area (Å²) >= 11 is 0. The number of pyridine rings is 1. The van der Waals surface area contributed by atoms with Gasteiger partial charge >= 0.3 is 12.1 Å². The van der Waals surface area contributed by atoms with Crippen molar-refractivity contribution in [2.45, 2.75) is 25.9 Å². The average molecular weight is 664 g/mol. The Morgan fingerprint density at radius 3 is 2.24 bits per heavy atom. The van der Waals surface area contributed by atoms with Crippen LogP contribution in [0.25, 0.3) is 10.9 Å². The SMILES string of the molecule is COC(=O)CNC(=O)c1c(F)cccc1F.Cc1cccc(Cc2c(C(F)(F)F)c3cc(CCN(C)C)ccc3n(C)c2=O)c1P. The van der Waals surface area contributed by atoms with E-state index in [1.54, 1.807) is 30.3 Å². The highest BCUT2D eigenvalue weighted by molar-refractivity contribution is 7.27. The smallest absolute Gasteiger partial charge is 0.417 e. The fourth-order valence-electron chi connectivity index (χ4n) is 4.77. The number of ether oxygens (including phenoxy) is 1. The number of esters is 1. The molecular formula is C33H35F5N3O4P. The quantitative estimate of drug-likeness (QED) is 0.165. The van der Waals surface area contributed by atoms with Crippen molar-refractivity contribution >= 4 is 37.3 Å². The monoisotopic (exact) mass is 663 g/mol. The number of likely N-dealkylation sites (N-methyl/N-ethyl adjacent to an activating group) is 1. The highest BCUT2D eigenvalue weighted by Gasteiger charge is 2.37. The molecule has 1 aromatic heterocycles. The van der Waals surface area contributed by atoms with Crippen LogP contribution in [0.3, 0.4) is 0 Å². The minimum Gasteiger partial charge on any atom is -0.468 e. The molecule has 0 fully saturated rings. The van der Waals surface area contributed by atoms with Gasteiger partial charge in [0.05, 0.1) is 18.2 Å². The molecule has 0 saturated carbocycles. The number of halogens is 5. The molecule has 1 N–H and O–H groups in total. The fourth-order valence-corrected chi connectivity index (χ4v) is 5.06. The molecule has 7 nitrogen and oxygen atoms in total. The molecule has 0 aliphatic carbocycles. The number of hydrogen-bond donors (Lipinski definition) is 1. The summed E-state index contributed by atoms with van der Waals surface area (Å²) < 4.78 is 74.5. The lowest BCUT2D eigenvalue weighted by Crippen LogP contribution is -2.31. The second-order valence-electron chi connectivity index (χ2n) is 10.8. The highest BCUT2D eigenvalue weighted by atomic mass is 31.0. The van der Waals surface area contributed by atoms with Gasteiger partial charge in [-0.2, -0.15) is 13.2 Å². The van der Waals surface area contributed by atoms with Crippen molar-refractivity contribution in [3.63, 3.8) is 0 Å². The number of aryl methyl sites for hydroxylation is 2. The summed E-state index contributed by atoms with van der Waals surface area (Å²) in [6, 6.07) is 13.5. The average Bonchev–Trinajstić information content (AvgIpc) is 2.99. The number of alkyl halides is 3. The van der Waals surface area contributed by atoms with Crippen molar-refractivity contribution in [1.82, 2.24) is 14.8 Å². The van der Waals surface area contributed by atoms with Crippen LogP contribution < -0.4 is 16.2 Å². The first-order valence-electron chi connectivity index (χ1n) is 14.1. The van der Waals surface area contributed by atoms with Gasteiger partial charge in [0, 0.05) is 31.0 Å².